The van der Waals surface area contributed by atoms with E-state index < -0.39 is 6.04 Å². The number of likely N-dealkylation sites (tertiary alicyclic amines) is 2. The SMILES string of the molecule is [C-]#[N+]/C(C#N)=C(\Nc1ccc2ccccc2c1)NC1CCCCN(CC(=O)N2CCCC2)C1=O. The number of anilines is 1. The van der Waals surface area contributed by atoms with Gasteiger partial charge in [0.15, 0.2) is 0 Å². The number of carbonyl (C=O) groups is 2. The Hall–Kier alpha value is -4.04. The molecule has 2 fully saturated rings. The van der Waals surface area contributed by atoms with Crippen LogP contribution in [0.5, 0.6) is 0 Å². The summed E-state index contributed by atoms with van der Waals surface area (Å²) in [4.78, 5) is 32.8. The molecule has 0 radical (unpaired) electrons. The van der Waals surface area contributed by atoms with Crippen molar-refractivity contribution in [1.29, 1.82) is 5.26 Å². The molecule has 2 aliphatic rings. The number of benzene rings is 2. The molecule has 174 valence electrons. The Bertz CT molecular complexity index is 1170. The zero-order valence-corrected chi connectivity index (χ0v) is 19.1. The average Bonchev–Trinajstić information content (AvgIpc) is 3.35. The lowest BCUT2D eigenvalue weighted by Gasteiger charge is -2.28. The van der Waals surface area contributed by atoms with Crippen LogP contribution < -0.4 is 10.6 Å². The quantitative estimate of drug-likeness (QED) is 0.513. The lowest BCUT2D eigenvalue weighted by molar-refractivity contribution is -0.140. The molecule has 0 aromatic heterocycles. The molecule has 2 aromatic rings. The summed E-state index contributed by atoms with van der Waals surface area (Å²) in [6, 6.07) is 15.0. The van der Waals surface area contributed by atoms with Crippen molar-refractivity contribution in [2.24, 2.45) is 0 Å². The first-order valence-electron chi connectivity index (χ1n) is 11.7. The van der Waals surface area contributed by atoms with E-state index in [1.165, 1.54) is 0 Å². The van der Waals surface area contributed by atoms with Crippen molar-refractivity contribution in [2.45, 2.75) is 38.1 Å². The van der Waals surface area contributed by atoms with Crippen LogP contribution in [-0.2, 0) is 9.59 Å². The molecular formula is C26H28N6O2. The molecule has 2 N–H and O–H groups in total. The largest absolute Gasteiger partial charge is 0.368 e. The van der Waals surface area contributed by atoms with Crippen LogP contribution in [0.4, 0.5) is 5.69 Å². The van der Waals surface area contributed by atoms with Gasteiger partial charge in [0.05, 0.1) is 19.2 Å². The molecule has 2 aliphatic heterocycles. The summed E-state index contributed by atoms with van der Waals surface area (Å²) in [5, 5.41) is 17.9. The zero-order chi connectivity index (χ0) is 23.9. The van der Waals surface area contributed by atoms with Gasteiger partial charge in [0, 0.05) is 25.3 Å². The van der Waals surface area contributed by atoms with Crippen molar-refractivity contribution in [3.05, 3.63) is 65.4 Å². The van der Waals surface area contributed by atoms with E-state index in [0.717, 1.165) is 49.5 Å². The number of hydrogen-bond donors (Lipinski definition) is 2. The summed E-state index contributed by atoms with van der Waals surface area (Å²) in [5.74, 6) is 0.0133. The first kappa shape index (κ1) is 23.1. The predicted molar refractivity (Wildman–Crippen MR) is 130 cm³/mol. The molecule has 0 saturated carbocycles. The number of hydrogen-bond acceptors (Lipinski definition) is 5. The highest BCUT2D eigenvalue weighted by Gasteiger charge is 2.31. The van der Waals surface area contributed by atoms with Crippen molar-refractivity contribution >= 4 is 28.3 Å². The fraction of sp³-hybridized carbons (Fsp3) is 0.385. The first-order valence-corrected chi connectivity index (χ1v) is 11.7. The van der Waals surface area contributed by atoms with Gasteiger partial charge in [0.25, 0.3) is 0 Å². The van der Waals surface area contributed by atoms with Crippen molar-refractivity contribution in [2.75, 3.05) is 31.5 Å². The molecule has 0 aliphatic carbocycles. The maximum atomic E-state index is 13.3. The van der Waals surface area contributed by atoms with Crippen molar-refractivity contribution in [1.82, 2.24) is 15.1 Å². The fourth-order valence-corrected chi connectivity index (χ4v) is 4.51. The normalized spacial score (nSPS) is 19.1. The molecule has 2 saturated heterocycles. The Morgan fingerprint density at radius 2 is 1.82 bits per heavy atom. The van der Waals surface area contributed by atoms with Crippen molar-refractivity contribution in [3.8, 4) is 6.07 Å². The minimum absolute atomic E-state index is 0.0181. The van der Waals surface area contributed by atoms with Gasteiger partial charge in [-0.1, -0.05) is 30.3 Å². The van der Waals surface area contributed by atoms with Gasteiger partial charge in [0.2, 0.25) is 11.8 Å². The number of fused-ring (bicyclic) bond motifs is 1. The van der Waals surface area contributed by atoms with E-state index in [-0.39, 0.29) is 29.9 Å². The van der Waals surface area contributed by atoms with Gasteiger partial charge in [-0.05, 0) is 55.0 Å². The Morgan fingerprint density at radius 3 is 2.56 bits per heavy atom. The number of nitrogens with one attached hydrogen (secondary N) is 2. The molecule has 1 unspecified atom stereocenters. The van der Waals surface area contributed by atoms with E-state index in [1.54, 1.807) is 4.90 Å². The number of carbonyl (C=O) groups excluding carboxylic acids is 2. The second kappa shape index (κ2) is 10.7. The third-order valence-electron chi connectivity index (χ3n) is 6.36. The lowest BCUT2D eigenvalue weighted by Crippen LogP contribution is -2.49. The third kappa shape index (κ3) is 5.29. The number of nitriles is 1. The Kier molecular flexibility index (Phi) is 7.29. The van der Waals surface area contributed by atoms with Gasteiger partial charge in [-0.3, -0.25) is 9.59 Å². The molecule has 8 heteroatoms. The molecule has 4 rings (SSSR count). The van der Waals surface area contributed by atoms with Gasteiger partial charge >= 0.3 is 5.70 Å². The molecule has 34 heavy (non-hydrogen) atoms. The number of nitrogens with zero attached hydrogens (tertiary/aromatic N) is 4. The summed E-state index contributed by atoms with van der Waals surface area (Å²) in [7, 11) is 0. The maximum Gasteiger partial charge on any atom is 0.300 e. The van der Waals surface area contributed by atoms with E-state index >= 15 is 0 Å². The molecule has 2 heterocycles. The van der Waals surface area contributed by atoms with Crippen LogP contribution in [0.2, 0.25) is 0 Å². The Balaban J connectivity index is 1.53. The summed E-state index contributed by atoms with van der Waals surface area (Å²) in [6.07, 6.45) is 4.19. The minimum atomic E-state index is -0.623. The van der Waals surface area contributed by atoms with Gasteiger partial charge in [-0.15, -0.1) is 0 Å². The van der Waals surface area contributed by atoms with E-state index in [2.05, 4.69) is 15.5 Å². The second-order valence-electron chi connectivity index (χ2n) is 8.67. The van der Waals surface area contributed by atoms with Crippen molar-refractivity contribution < 1.29 is 9.59 Å². The molecule has 0 spiro atoms. The van der Waals surface area contributed by atoms with Crippen LogP contribution in [-0.4, -0.2) is 53.8 Å². The lowest BCUT2D eigenvalue weighted by atomic mass is 10.1. The number of allylic oxidation sites excluding steroid dienone is 1. The van der Waals surface area contributed by atoms with Gasteiger partial charge in [-0.2, -0.15) is 0 Å². The standard InChI is InChI=1S/C26H28N6O2/c1-28-23(17-27)25(29-21-12-11-19-8-2-3-9-20(19)16-21)30-22-10-4-5-15-32(26(22)34)18-24(33)31-13-6-7-14-31/h2-3,8-9,11-12,16,22,29-30H,4-7,10,13-15,18H2/b25-23+. The van der Waals surface area contributed by atoms with Crippen LogP contribution in [0.3, 0.4) is 0 Å². The summed E-state index contributed by atoms with van der Waals surface area (Å²) >= 11 is 0. The highest BCUT2D eigenvalue weighted by atomic mass is 16.2. The molecule has 1 atom stereocenters. The van der Waals surface area contributed by atoms with Crippen molar-refractivity contribution in [3.63, 3.8) is 0 Å². The van der Waals surface area contributed by atoms with E-state index in [4.69, 9.17) is 6.57 Å². The van der Waals surface area contributed by atoms with Gasteiger partial charge in [-0.25, -0.2) is 10.1 Å². The fourth-order valence-electron chi connectivity index (χ4n) is 4.51. The monoisotopic (exact) mass is 456 g/mol. The summed E-state index contributed by atoms with van der Waals surface area (Å²) < 4.78 is 0. The topological polar surface area (TPSA) is 92.8 Å². The Labute approximate surface area is 199 Å². The van der Waals surface area contributed by atoms with E-state index in [1.807, 2.05) is 53.4 Å². The van der Waals surface area contributed by atoms with E-state index in [9.17, 15) is 14.9 Å². The number of rotatable bonds is 6. The zero-order valence-electron chi connectivity index (χ0n) is 19.1. The van der Waals surface area contributed by atoms with Crippen LogP contribution in [0.25, 0.3) is 15.6 Å². The second-order valence-corrected chi connectivity index (χ2v) is 8.67. The molecule has 2 amide bonds. The molecule has 8 nitrogen and oxygen atoms in total. The predicted octanol–water partition coefficient (Wildman–Crippen LogP) is 3.46. The average molecular weight is 457 g/mol. The molecule has 0 bridgehead atoms. The smallest absolute Gasteiger partial charge is 0.300 e. The van der Waals surface area contributed by atoms with Crippen LogP contribution in [0.1, 0.15) is 32.1 Å². The van der Waals surface area contributed by atoms with Crippen LogP contribution >= 0.6 is 0 Å². The van der Waals surface area contributed by atoms with E-state index in [0.29, 0.717) is 18.7 Å². The van der Waals surface area contributed by atoms with Gasteiger partial charge in [0.1, 0.15) is 11.9 Å². The van der Waals surface area contributed by atoms with Crippen LogP contribution in [0, 0.1) is 17.9 Å². The highest BCUT2D eigenvalue weighted by Crippen LogP contribution is 2.22. The Morgan fingerprint density at radius 1 is 1.09 bits per heavy atom. The van der Waals surface area contributed by atoms with Crippen LogP contribution in [0.15, 0.2) is 54.0 Å². The minimum Gasteiger partial charge on any atom is -0.368 e. The third-order valence-corrected chi connectivity index (χ3v) is 6.36. The molecular weight excluding hydrogens is 428 g/mol. The number of amides is 2. The highest BCUT2D eigenvalue weighted by molar-refractivity contribution is 5.88. The maximum absolute atomic E-state index is 13.3. The van der Waals surface area contributed by atoms with Gasteiger partial charge < -0.3 is 20.4 Å². The summed E-state index contributed by atoms with van der Waals surface area (Å²) in [6.45, 7) is 9.55. The summed E-state index contributed by atoms with van der Waals surface area (Å²) in [5.41, 5.74) is 0.560. The first-order chi connectivity index (χ1) is 16.6. The molecule has 2 aromatic carbocycles.